The molecule has 21 heavy (non-hydrogen) atoms. The van der Waals surface area contributed by atoms with Crippen molar-refractivity contribution in [2.75, 3.05) is 0 Å². The monoisotopic (exact) mass is 289 g/mol. The molecule has 1 amide bonds. The average molecular weight is 289 g/mol. The fourth-order valence-corrected chi connectivity index (χ4v) is 2.90. The van der Waals surface area contributed by atoms with Gasteiger partial charge in [-0.2, -0.15) is 0 Å². The Morgan fingerprint density at radius 1 is 1.43 bits per heavy atom. The van der Waals surface area contributed by atoms with Crippen LogP contribution in [0.25, 0.3) is 0 Å². The highest BCUT2D eigenvalue weighted by atomic mass is 16.5. The molecule has 0 aromatic heterocycles. The second kappa shape index (κ2) is 5.35. The summed E-state index contributed by atoms with van der Waals surface area (Å²) in [5, 5.41) is 7.21. The van der Waals surface area contributed by atoms with Crippen LogP contribution in [0.2, 0.25) is 0 Å². The van der Waals surface area contributed by atoms with E-state index in [4.69, 9.17) is 4.74 Å². The highest BCUT2D eigenvalue weighted by Gasteiger charge is 2.35. The lowest BCUT2D eigenvalue weighted by atomic mass is 9.85. The van der Waals surface area contributed by atoms with Crippen molar-refractivity contribution in [3.8, 4) is 0 Å². The van der Waals surface area contributed by atoms with Crippen LogP contribution in [0.5, 0.6) is 0 Å². The van der Waals surface area contributed by atoms with Gasteiger partial charge in [0, 0.05) is 18.2 Å². The zero-order valence-corrected chi connectivity index (χ0v) is 12.2. The Balaban J connectivity index is 1.81. The molecule has 0 saturated heterocycles. The molecular formula is C15H19N3O3. The first kappa shape index (κ1) is 13.9. The number of allylic oxidation sites excluding steroid dienone is 1. The SMILES string of the molecule is CC(C)OC1=NNC(=O)/C1=C/C1=CC2C(=O)CCCC2N1. The standard InChI is InChI=1S/C15H19N3O3/c1-8(2)21-15-11(14(20)17-18-15)7-9-6-10-12(16-9)4-3-5-13(10)19/h6-8,10,12,16H,3-5H2,1-2H3,(H,17,20)/b11-7-. The van der Waals surface area contributed by atoms with E-state index in [9.17, 15) is 9.59 Å². The predicted molar refractivity (Wildman–Crippen MR) is 77.2 cm³/mol. The van der Waals surface area contributed by atoms with Gasteiger partial charge in [-0.05, 0) is 38.8 Å². The van der Waals surface area contributed by atoms with Gasteiger partial charge in [0.2, 0.25) is 5.90 Å². The van der Waals surface area contributed by atoms with Gasteiger partial charge in [-0.3, -0.25) is 9.59 Å². The van der Waals surface area contributed by atoms with Gasteiger partial charge in [0.1, 0.15) is 11.4 Å². The summed E-state index contributed by atoms with van der Waals surface area (Å²) in [4.78, 5) is 23.7. The van der Waals surface area contributed by atoms with Crippen molar-refractivity contribution in [3.63, 3.8) is 0 Å². The van der Waals surface area contributed by atoms with Crippen molar-refractivity contribution < 1.29 is 14.3 Å². The lowest BCUT2D eigenvalue weighted by molar-refractivity contribution is -0.123. The maximum absolute atomic E-state index is 11.9. The number of hydrogen-bond acceptors (Lipinski definition) is 5. The molecular weight excluding hydrogens is 270 g/mol. The van der Waals surface area contributed by atoms with E-state index in [1.54, 1.807) is 6.08 Å². The second-order valence-electron chi connectivity index (χ2n) is 5.84. The molecule has 2 N–H and O–H groups in total. The number of amides is 1. The quantitative estimate of drug-likeness (QED) is 0.743. The van der Waals surface area contributed by atoms with Crippen LogP contribution >= 0.6 is 0 Å². The predicted octanol–water partition coefficient (Wildman–Crippen LogP) is 1.01. The van der Waals surface area contributed by atoms with E-state index in [0.717, 1.165) is 18.5 Å². The summed E-state index contributed by atoms with van der Waals surface area (Å²) in [7, 11) is 0. The highest BCUT2D eigenvalue weighted by Crippen LogP contribution is 2.29. The molecule has 0 bridgehead atoms. The van der Waals surface area contributed by atoms with Gasteiger partial charge in [-0.25, -0.2) is 5.43 Å². The molecule has 0 radical (unpaired) electrons. The summed E-state index contributed by atoms with van der Waals surface area (Å²) in [5.41, 5.74) is 3.60. The normalized spacial score (nSPS) is 30.0. The number of fused-ring (bicyclic) bond motifs is 1. The topological polar surface area (TPSA) is 79.8 Å². The number of nitrogens with zero attached hydrogens (tertiary/aromatic N) is 1. The van der Waals surface area contributed by atoms with Crippen molar-refractivity contribution in [2.45, 2.75) is 45.3 Å². The third kappa shape index (κ3) is 2.70. The van der Waals surface area contributed by atoms with E-state index in [2.05, 4.69) is 15.8 Å². The van der Waals surface area contributed by atoms with Crippen LogP contribution in [0.1, 0.15) is 33.1 Å². The van der Waals surface area contributed by atoms with Crippen LogP contribution in [0.15, 0.2) is 28.5 Å². The van der Waals surface area contributed by atoms with Crippen LogP contribution in [0.3, 0.4) is 0 Å². The molecule has 3 rings (SSSR count). The van der Waals surface area contributed by atoms with E-state index in [-0.39, 0.29) is 29.8 Å². The molecule has 2 atom stereocenters. The smallest absolute Gasteiger partial charge is 0.277 e. The lowest BCUT2D eigenvalue weighted by Crippen LogP contribution is -2.36. The van der Waals surface area contributed by atoms with Crippen LogP contribution in [0.4, 0.5) is 0 Å². The molecule has 3 aliphatic rings. The number of nitrogens with one attached hydrogen (secondary N) is 2. The third-order valence-electron chi connectivity index (χ3n) is 3.84. The summed E-state index contributed by atoms with van der Waals surface area (Å²) < 4.78 is 5.52. The van der Waals surface area contributed by atoms with Crippen molar-refractivity contribution in [3.05, 3.63) is 23.4 Å². The van der Waals surface area contributed by atoms with Gasteiger partial charge in [0.15, 0.2) is 0 Å². The summed E-state index contributed by atoms with van der Waals surface area (Å²) in [6.07, 6.45) is 6.12. The van der Waals surface area contributed by atoms with Crippen molar-refractivity contribution in [1.29, 1.82) is 0 Å². The second-order valence-corrected chi connectivity index (χ2v) is 5.84. The van der Waals surface area contributed by atoms with Gasteiger partial charge >= 0.3 is 0 Å². The average Bonchev–Trinajstić information content (AvgIpc) is 2.97. The van der Waals surface area contributed by atoms with Gasteiger partial charge in [0.05, 0.1) is 12.0 Å². The highest BCUT2D eigenvalue weighted by molar-refractivity contribution is 6.22. The first-order chi connectivity index (χ1) is 10.0. The fraction of sp³-hybridized carbons (Fsp3) is 0.533. The van der Waals surface area contributed by atoms with E-state index >= 15 is 0 Å². The zero-order valence-electron chi connectivity index (χ0n) is 12.2. The zero-order chi connectivity index (χ0) is 15.0. The number of rotatable bonds is 2. The van der Waals surface area contributed by atoms with Crippen molar-refractivity contribution in [1.82, 2.24) is 10.7 Å². The summed E-state index contributed by atoms with van der Waals surface area (Å²) in [5.74, 6) is 0.227. The Morgan fingerprint density at radius 2 is 2.24 bits per heavy atom. The number of hydrogen-bond donors (Lipinski definition) is 2. The Morgan fingerprint density at radius 3 is 2.95 bits per heavy atom. The molecule has 1 fully saturated rings. The molecule has 6 nitrogen and oxygen atoms in total. The minimum absolute atomic E-state index is 0.0606. The summed E-state index contributed by atoms with van der Waals surface area (Å²) in [6.45, 7) is 3.76. The van der Waals surface area contributed by atoms with Crippen molar-refractivity contribution >= 4 is 17.6 Å². The maximum Gasteiger partial charge on any atom is 0.277 e. The van der Waals surface area contributed by atoms with Gasteiger partial charge < -0.3 is 10.1 Å². The van der Waals surface area contributed by atoms with E-state index in [0.29, 0.717) is 17.9 Å². The Kier molecular flexibility index (Phi) is 3.53. The van der Waals surface area contributed by atoms with Crippen LogP contribution < -0.4 is 10.7 Å². The Hall–Kier alpha value is -2.11. The van der Waals surface area contributed by atoms with Crippen molar-refractivity contribution in [2.24, 2.45) is 11.0 Å². The number of Topliss-reactive ketones (excluding diaryl/α,β-unsaturated/α-hetero) is 1. The van der Waals surface area contributed by atoms with E-state index in [1.165, 1.54) is 0 Å². The maximum atomic E-state index is 11.9. The van der Waals surface area contributed by atoms with E-state index in [1.807, 2.05) is 19.9 Å². The first-order valence-corrected chi connectivity index (χ1v) is 7.32. The minimum Gasteiger partial charge on any atom is -0.473 e. The van der Waals surface area contributed by atoms with E-state index < -0.39 is 0 Å². The summed E-state index contributed by atoms with van der Waals surface area (Å²) in [6, 6.07) is 0.161. The first-order valence-electron chi connectivity index (χ1n) is 7.32. The molecule has 1 aliphatic carbocycles. The van der Waals surface area contributed by atoms with Crippen LogP contribution in [-0.2, 0) is 14.3 Å². The number of hydrazone groups is 1. The number of carbonyl (C=O) groups excluding carboxylic acids is 2. The molecule has 1 saturated carbocycles. The number of carbonyl (C=O) groups is 2. The molecule has 0 spiro atoms. The largest absolute Gasteiger partial charge is 0.473 e. The molecule has 2 heterocycles. The fourth-order valence-electron chi connectivity index (χ4n) is 2.90. The van der Waals surface area contributed by atoms with Crippen LogP contribution in [0, 0.1) is 5.92 Å². The van der Waals surface area contributed by atoms with Crippen LogP contribution in [-0.4, -0.2) is 29.7 Å². The molecule has 112 valence electrons. The molecule has 2 unspecified atom stereocenters. The van der Waals surface area contributed by atoms with Gasteiger partial charge in [0.25, 0.3) is 5.91 Å². The lowest BCUT2D eigenvalue weighted by Gasteiger charge is -2.23. The minimum atomic E-state index is -0.283. The Bertz CT molecular complexity index is 575. The van der Waals surface area contributed by atoms with Gasteiger partial charge in [-0.1, -0.05) is 0 Å². The number of ketones is 1. The molecule has 6 heteroatoms. The molecule has 2 aliphatic heterocycles. The molecule has 0 aromatic carbocycles. The summed E-state index contributed by atoms with van der Waals surface area (Å²) >= 11 is 0. The number of ether oxygens (including phenoxy) is 1. The Labute approximate surface area is 123 Å². The van der Waals surface area contributed by atoms with Gasteiger partial charge in [-0.15, -0.1) is 5.10 Å². The molecule has 0 aromatic rings. The third-order valence-corrected chi connectivity index (χ3v) is 3.84.